The molecule has 0 radical (unpaired) electrons. The molecule has 0 aliphatic heterocycles. The molecule has 302 valence electrons. The van der Waals surface area contributed by atoms with Crippen molar-refractivity contribution in [3.63, 3.8) is 0 Å². The molecule has 6 heteroatoms. The van der Waals surface area contributed by atoms with Crippen LogP contribution in [0.25, 0.3) is 0 Å². The molecule has 0 unspecified atom stereocenters. The summed E-state index contributed by atoms with van der Waals surface area (Å²) in [5, 5.41) is 2.98. The molecule has 0 heterocycles. The number of ether oxygens (including phenoxy) is 3. The van der Waals surface area contributed by atoms with Gasteiger partial charge in [0.2, 0.25) is 0 Å². The predicted octanol–water partition coefficient (Wildman–Crippen LogP) is 13.1. The van der Waals surface area contributed by atoms with Gasteiger partial charge in [-0.2, -0.15) is 0 Å². The Labute approximate surface area is 318 Å². The molecule has 1 amide bonds. The fraction of sp³-hybridized carbons (Fsp3) is 0.889. The van der Waals surface area contributed by atoms with Gasteiger partial charge in [0.25, 0.3) is 0 Å². The minimum atomic E-state index is -0.375. The molecule has 0 atom stereocenters. The Hall–Kier alpha value is -1.37. The maximum absolute atomic E-state index is 12.4. The molecule has 0 spiro atoms. The van der Waals surface area contributed by atoms with E-state index in [1.54, 1.807) is 0 Å². The molecule has 51 heavy (non-hydrogen) atoms. The minimum Gasteiger partial charge on any atom is -0.450 e. The monoisotopic (exact) mass is 721 g/mol. The van der Waals surface area contributed by atoms with E-state index >= 15 is 0 Å². The van der Waals surface area contributed by atoms with Crippen molar-refractivity contribution in [2.75, 3.05) is 53.7 Å². The molecule has 0 aliphatic rings. The van der Waals surface area contributed by atoms with Crippen molar-refractivity contribution in [2.24, 2.45) is 0 Å². The molecule has 0 aromatic rings. The molecule has 0 aromatic carbocycles. The van der Waals surface area contributed by atoms with E-state index in [4.69, 9.17) is 14.2 Å². The summed E-state index contributed by atoms with van der Waals surface area (Å²) >= 11 is 0. The summed E-state index contributed by atoms with van der Waals surface area (Å²) < 4.78 is 17.4. The highest BCUT2D eigenvalue weighted by Gasteiger charge is 2.14. The van der Waals surface area contributed by atoms with E-state index in [0.29, 0.717) is 19.8 Å². The van der Waals surface area contributed by atoms with Gasteiger partial charge < -0.3 is 24.4 Å². The van der Waals surface area contributed by atoms with Gasteiger partial charge in [0, 0.05) is 19.8 Å². The summed E-state index contributed by atoms with van der Waals surface area (Å²) in [6.07, 6.45) is 46.5. The molecule has 0 bridgehead atoms. The largest absolute Gasteiger partial charge is 0.450 e. The number of unbranched alkanes of at least 4 members (excludes halogenated alkanes) is 24. The summed E-state index contributed by atoms with van der Waals surface area (Å²) in [7, 11) is 4.05. The molecule has 0 rings (SSSR count). The maximum Gasteiger partial charge on any atom is 0.407 e. The predicted molar refractivity (Wildman–Crippen MR) is 222 cm³/mol. The van der Waals surface area contributed by atoms with E-state index in [-0.39, 0.29) is 12.1 Å². The average Bonchev–Trinajstić information content (AvgIpc) is 3.12. The fourth-order valence-corrected chi connectivity index (χ4v) is 6.24. The molecule has 0 saturated heterocycles. The van der Waals surface area contributed by atoms with E-state index in [1.807, 2.05) is 14.1 Å². The van der Waals surface area contributed by atoms with Gasteiger partial charge in [-0.25, -0.2) is 4.79 Å². The standard InChI is InChI=1S/C45H88N2O4/c1-5-7-9-11-13-15-17-19-21-23-25-27-29-31-33-35-39-49-42-44(46-45(48)51-41-37-38-47(3)4)43-50-40-36-34-32-30-28-26-24-22-20-18-16-14-12-10-8-6-2/h19-22,44H,5-18,23-43H2,1-4H3,(H,46,48)/b21-19-,22-20-. The second-order valence-electron chi connectivity index (χ2n) is 15.2. The zero-order valence-electron chi connectivity index (χ0n) is 34.7. The minimum absolute atomic E-state index is 0.186. The fourth-order valence-electron chi connectivity index (χ4n) is 6.24. The number of rotatable bonds is 41. The molecule has 0 saturated carbocycles. The summed E-state index contributed by atoms with van der Waals surface area (Å²) in [5.74, 6) is 0. The number of nitrogens with zero attached hydrogens (tertiary/aromatic N) is 1. The number of allylic oxidation sites excluding steroid dienone is 4. The number of amides is 1. The molecule has 0 aromatic heterocycles. The Balaban J connectivity index is 3.94. The molecule has 0 aliphatic carbocycles. The van der Waals surface area contributed by atoms with Gasteiger partial charge >= 0.3 is 6.09 Å². The first kappa shape index (κ1) is 49.6. The lowest BCUT2D eigenvalue weighted by molar-refractivity contribution is 0.0490. The maximum atomic E-state index is 12.4. The van der Waals surface area contributed by atoms with Crippen molar-refractivity contribution in [3.8, 4) is 0 Å². The van der Waals surface area contributed by atoms with Crippen molar-refractivity contribution in [2.45, 2.75) is 206 Å². The summed E-state index contributed by atoms with van der Waals surface area (Å²) in [4.78, 5) is 14.5. The lowest BCUT2D eigenvalue weighted by Gasteiger charge is -2.19. The lowest BCUT2D eigenvalue weighted by Crippen LogP contribution is -2.42. The van der Waals surface area contributed by atoms with Gasteiger partial charge in [-0.05, 0) is 84.7 Å². The molecular formula is C45H88N2O4. The Morgan fingerprint density at radius 2 is 0.843 bits per heavy atom. The Morgan fingerprint density at radius 3 is 1.22 bits per heavy atom. The second kappa shape index (κ2) is 43.0. The van der Waals surface area contributed by atoms with Crippen molar-refractivity contribution >= 4 is 6.09 Å². The topological polar surface area (TPSA) is 60.0 Å². The van der Waals surface area contributed by atoms with E-state index in [1.165, 1.54) is 167 Å². The Kier molecular flexibility index (Phi) is 41.9. The normalized spacial score (nSPS) is 12.0. The van der Waals surface area contributed by atoms with Crippen LogP contribution in [-0.4, -0.2) is 70.7 Å². The van der Waals surface area contributed by atoms with E-state index in [2.05, 4.69) is 48.4 Å². The first-order chi connectivity index (χ1) is 25.1. The quantitative estimate of drug-likeness (QED) is 0.0503. The van der Waals surface area contributed by atoms with E-state index < -0.39 is 0 Å². The van der Waals surface area contributed by atoms with Crippen LogP contribution in [-0.2, 0) is 14.2 Å². The zero-order valence-corrected chi connectivity index (χ0v) is 34.7. The van der Waals surface area contributed by atoms with Crippen LogP contribution in [0, 0.1) is 0 Å². The van der Waals surface area contributed by atoms with Gasteiger partial charge in [0.15, 0.2) is 0 Å². The number of carbonyl (C=O) groups is 1. The number of hydrogen-bond donors (Lipinski definition) is 1. The molecule has 6 nitrogen and oxygen atoms in total. The van der Waals surface area contributed by atoms with Crippen LogP contribution >= 0.6 is 0 Å². The highest BCUT2D eigenvalue weighted by molar-refractivity contribution is 5.67. The van der Waals surface area contributed by atoms with Gasteiger partial charge in [0.05, 0.1) is 25.9 Å². The van der Waals surface area contributed by atoms with Crippen LogP contribution in [0.15, 0.2) is 24.3 Å². The lowest BCUT2D eigenvalue weighted by atomic mass is 10.1. The molecule has 1 N–H and O–H groups in total. The second-order valence-corrected chi connectivity index (χ2v) is 15.2. The molecular weight excluding hydrogens is 633 g/mol. The first-order valence-electron chi connectivity index (χ1n) is 22.1. The third-order valence-corrected chi connectivity index (χ3v) is 9.54. The van der Waals surface area contributed by atoms with Gasteiger partial charge in [-0.15, -0.1) is 0 Å². The Bertz CT molecular complexity index is 696. The summed E-state index contributed by atoms with van der Waals surface area (Å²) in [6, 6.07) is -0.186. The highest BCUT2D eigenvalue weighted by Crippen LogP contribution is 2.12. The number of alkyl carbamates (subject to hydrolysis) is 1. The zero-order chi connectivity index (χ0) is 37.1. The van der Waals surface area contributed by atoms with Gasteiger partial charge in [-0.1, -0.05) is 154 Å². The van der Waals surface area contributed by atoms with Crippen molar-refractivity contribution in [3.05, 3.63) is 24.3 Å². The third-order valence-electron chi connectivity index (χ3n) is 9.54. The average molecular weight is 721 g/mol. The molecule has 0 fully saturated rings. The van der Waals surface area contributed by atoms with Crippen LogP contribution < -0.4 is 5.32 Å². The van der Waals surface area contributed by atoms with Gasteiger partial charge in [0.1, 0.15) is 0 Å². The highest BCUT2D eigenvalue weighted by atomic mass is 16.5. The number of nitrogens with one attached hydrogen (secondary N) is 1. The smallest absolute Gasteiger partial charge is 0.407 e. The first-order valence-corrected chi connectivity index (χ1v) is 22.1. The van der Waals surface area contributed by atoms with E-state index in [9.17, 15) is 4.79 Å². The SMILES string of the molecule is CCCCCCCC/C=C\CCCCCCCCOCC(COCCCCCCCC/C=C\CCCCCCCC)NC(=O)OCCCN(C)C. The van der Waals surface area contributed by atoms with E-state index in [0.717, 1.165) is 39.0 Å². The van der Waals surface area contributed by atoms with Crippen molar-refractivity contribution in [1.29, 1.82) is 0 Å². The van der Waals surface area contributed by atoms with Crippen LogP contribution in [0.5, 0.6) is 0 Å². The number of carbonyl (C=O) groups excluding carboxylic acids is 1. The van der Waals surface area contributed by atoms with Crippen LogP contribution in [0.4, 0.5) is 4.79 Å². The number of hydrogen-bond acceptors (Lipinski definition) is 5. The Morgan fingerprint density at radius 1 is 0.490 bits per heavy atom. The van der Waals surface area contributed by atoms with Crippen LogP contribution in [0.2, 0.25) is 0 Å². The summed E-state index contributed by atoms with van der Waals surface area (Å²) in [6.45, 7) is 8.26. The van der Waals surface area contributed by atoms with Crippen molar-refractivity contribution in [1.82, 2.24) is 10.2 Å². The summed E-state index contributed by atoms with van der Waals surface area (Å²) in [5.41, 5.74) is 0. The van der Waals surface area contributed by atoms with Gasteiger partial charge in [-0.3, -0.25) is 0 Å². The van der Waals surface area contributed by atoms with Crippen LogP contribution in [0.3, 0.4) is 0 Å². The third kappa shape index (κ3) is 42.9. The van der Waals surface area contributed by atoms with Crippen molar-refractivity contribution < 1.29 is 19.0 Å². The van der Waals surface area contributed by atoms with Crippen LogP contribution in [0.1, 0.15) is 200 Å².